The van der Waals surface area contributed by atoms with Crippen LogP contribution < -0.4 is 5.32 Å². The summed E-state index contributed by atoms with van der Waals surface area (Å²) < 4.78 is 0. The molecule has 0 unspecified atom stereocenters. The lowest BCUT2D eigenvalue weighted by Gasteiger charge is -2.30. The van der Waals surface area contributed by atoms with Crippen LogP contribution in [0.5, 0.6) is 0 Å². The third kappa shape index (κ3) is 2.31. The first-order valence-electron chi connectivity index (χ1n) is 6.62. The molecular weight excluding hydrogens is 222 g/mol. The van der Waals surface area contributed by atoms with Gasteiger partial charge in [-0.1, -0.05) is 6.07 Å². The molecule has 0 spiro atoms. The Labute approximate surface area is 108 Å². The molecule has 1 aromatic carbocycles. The van der Waals surface area contributed by atoms with Gasteiger partial charge in [-0.25, -0.2) is 0 Å². The second-order valence-corrected chi connectivity index (χ2v) is 5.10. The first-order chi connectivity index (χ1) is 8.83. The molecule has 2 aromatic rings. The van der Waals surface area contributed by atoms with Crippen molar-refractivity contribution in [2.24, 2.45) is 0 Å². The number of hydrogen-bond donors (Lipinski definition) is 1. The number of nitrogens with one attached hydrogen (secondary N) is 1. The second kappa shape index (κ2) is 4.94. The molecule has 0 bridgehead atoms. The van der Waals surface area contributed by atoms with Crippen molar-refractivity contribution in [3.8, 4) is 0 Å². The maximum Gasteiger partial charge on any atom is 0.0722 e. The van der Waals surface area contributed by atoms with E-state index in [0.717, 1.165) is 5.52 Å². The largest absolute Gasteiger partial charge is 0.382 e. The number of piperidine rings is 1. The van der Waals surface area contributed by atoms with E-state index in [1.807, 2.05) is 12.3 Å². The zero-order valence-electron chi connectivity index (χ0n) is 10.8. The molecule has 1 fully saturated rings. The van der Waals surface area contributed by atoms with Crippen molar-refractivity contribution in [2.75, 3.05) is 25.5 Å². The minimum Gasteiger partial charge on any atom is -0.382 e. The first kappa shape index (κ1) is 11.5. The van der Waals surface area contributed by atoms with Crippen molar-refractivity contribution >= 4 is 16.6 Å². The Kier molecular flexibility index (Phi) is 3.15. The van der Waals surface area contributed by atoms with Crippen LogP contribution in [0.1, 0.15) is 12.8 Å². The van der Waals surface area contributed by atoms with E-state index in [2.05, 4.69) is 46.5 Å². The highest BCUT2D eigenvalue weighted by atomic mass is 15.1. The highest BCUT2D eigenvalue weighted by molar-refractivity contribution is 5.91. The van der Waals surface area contributed by atoms with Crippen LogP contribution in [-0.2, 0) is 0 Å². The van der Waals surface area contributed by atoms with Gasteiger partial charge >= 0.3 is 0 Å². The fraction of sp³-hybridized carbons (Fsp3) is 0.400. The summed E-state index contributed by atoms with van der Waals surface area (Å²) in [6.07, 6.45) is 4.28. The Balaban J connectivity index is 1.82. The van der Waals surface area contributed by atoms with Crippen molar-refractivity contribution in [1.29, 1.82) is 0 Å². The molecule has 94 valence electrons. The standard InChI is InChI=1S/C15H19N3/c1-18-10-7-12(8-11-18)17-15-6-2-5-14-13(15)4-3-9-16-14/h2-6,9,12,17H,7-8,10-11H2,1H3. The van der Waals surface area contributed by atoms with Crippen molar-refractivity contribution in [3.63, 3.8) is 0 Å². The Morgan fingerprint density at radius 2 is 2.00 bits per heavy atom. The Morgan fingerprint density at radius 3 is 2.83 bits per heavy atom. The van der Waals surface area contributed by atoms with Gasteiger partial charge in [0.2, 0.25) is 0 Å². The SMILES string of the molecule is CN1CCC(Nc2cccc3ncccc23)CC1. The van der Waals surface area contributed by atoms with Gasteiger partial charge < -0.3 is 10.2 Å². The van der Waals surface area contributed by atoms with E-state index in [4.69, 9.17) is 0 Å². The monoisotopic (exact) mass is 241 g/mol. The van der Waals surface area contributed by atoms with E-state index in [1.54, 1.807) is 0 Å². The average Bonchev–Trinajstić information content (AvgIpc) is 2.42. The predicted octanol–water partition coefficient (Wildman–Crippen LogP) is 2.74. The van der Waals surface area contributed by atoms with Gasteiger partial charge in [-0.05, 0) is 57.2 Å². The molecule has 0 aliphatic carbocycles. The van der Waals surface area contributed by atoms with Gasteiger partial charge in [0.05, 0.1) is 5.52 Å². The minimum absolute atomic E-state index is 0.590. The number of aromatic nitrogens is 1. The average molecular weight is 241 g/mol. The first-order valence-corrected chi connectivity index (χ1v) is 6.62. The lowest BCUT2D eigenvalue weighted by Crippen LogP contribution is -2.36. The molecular formula is C15H19N3. The Hall–Kier alpha value is -1.61. The van der Waals surface area contributed by atoms with E-state index in [9.17, 15) is 0 Å². The fourth-order valence-corrected chi connectivity index (χ4v) is 2.60. The van der Waals surface area contributed by atoms with Gasteiger partial charge in [0.15, 0.2) is 0 Å². The second-order valence-electron chi connectivity index (χ2n) is 5.10. The third-order valence-electron chi connectivity index (χ3n) is 3.72. The third-order valence-corrected chi connectivity index (χ3v) is 3.72. The zero-order valence-corrected chi connectivity index (χ0v) is 10.8. The number of hydrogen-bond acceptors (Lipinski definition) is 3. The number of fused-ring (bicyclic) bond motifs is 1. The normalized spacial score (nSPS) is 18.1. The van der Waals surface area contributed by atoms with E-state index in [-0.39, 0.29) is 0 Å². The number of anilines is 1. The molecule has 1 saturated heterocycles. The molecule has 3 heteroatoms. The number of pyridine rings is 1. The molecule has 0 saturated carbocycles. The smallest absolute Gasteiger partial charge is 0.0722 e. The van der Waals surface area contributed by atoms with Crippen molar-refractivity contribution in [2.45, 2.75) is 18.9 Å². The van der Waals surface area contributed by atoms with Gasteiger partial charge in [0.1, 0.15) is 0 Å². The van der Waals surface area contributed by atoms with Gasteiger partial charge in [0.25, 0.3) is 0 Å². The van der Waals surface area contributed by atoms with Crippen molar-refractivity contribution < 1.29 is 0 Å². The molecule has 1 aliphatic rings. The Bertz CT molecular complexity index is 525. The molecule has 3 nitrogen and oxygen atoms in total. The van der Waals surface area contributed by atoms with Gasteiger partial charge in [0, 0.05) is 23.3 Å². The summed E-state index contributed by atoms with van der Waals surface area (Å²) in [5, 5.41) is 4.90. The summed E-state index contributed by atoms with van der Waals surface area (Å²) in [6, 6.07) is 11.0. The highest BCUT2D eigenvalue weighted by Gasteiger charge is 2.16. The van der Waals surface area contributed by atoms with Crippen molar-refractivity contribution in [1.82, 2.24) is 9.88 Å². The Morgan fingerprint density at radius 1 is 1.17 bits per heavy atom. The summed E-state index contributed by atoms with van der Waals surface area (Å²) in [4.78, 5) is 6.79. The fourth-order valence-electron chi connectivity index (χ4n) is 2.60. The summed E-state index contributed by atoms with van der Waals surface area (Å²) in [5.74, 6) is 0. The van der Waals surface area contributed by atoms with E-state index < -0.39 is 0 Å². The molecule has 1 aliphatic heterocycles. The van der Waals surface area contributed by atoms with Crippen LogP contribution in [0.2, 0.25) is 0 Å². The van der Waals surface area contributed by atoms with Crippen molar-refractivity contribution in [3.05, 3.63) is 36.5 Å². The predicted molar refractivity (Wildman–Crippen MR) is 75.9 cm³/mol. The lowest BCUT2D eigenvalue weighted by atomic mass is 10.0. The zero-order chi connectivity index (χ0) is 12.4. The lowest BCUT2D eigenvalue weighted by molar-refractivity contribution is 0.264. The number of likely N-dealkylation sites (tertiary alicyclic amines) is 1. The number of rotatable bonds is 2. The van der Waals surface area contributed by atoms with E-state index in [0.29, 0.717) is 6.04 Å². The molecule has 18 heavy (non-hydrogen) atoms. The molecule has 0 amide bonds. The number of nitrogens with zero attached hydrogens (tertiary/aromatic N) is 2. The van der Waals surface area contributed by atoms with Crippen LogP contribution in [0.25, 0.3) is 10.9 Å². The summed E-state index contributed by atoms with van der Waals surface area (Å²) in [6.45, 7) is 2.36. The molecule has 1 aromatic heterocycles. The quantitative estimate of drug-likeness (QED) is 0.876. The minimum atomic E-state index is 0.590. The van der Waals surface area contributed by atoms with Crippen LogP contribution in [0.4, 0.5) is 5.69 Å². The van der Waals surface area contributed by atoms with Gasteiger partial charge in [-0.15, -0.1) is 0 Å². The van der Waals surface area contributed by atoms with Crippen LogP contribution in [0.15, 0.2) is 36.5 Å². The van der Waals surface area contributed by atoms with Crippen LogP contribution in [0.3, 0.4) is 0 Å². The summed E-state index contributed by atoms with van der Waals surface area (Å²) in [7, 11) is 2.19. The molecule has 0 radical (unpaired) electrons. The van der Waals surface area contributed by atoms with E-state index >= 15 is 0 Å². The summed E-state index contributed by atoms with van der Waals surface area (Å²) in [5.41, 5.74) is 2.28. The maximum absolute atomic E-state index is 4.40. The molecule has 3 rings (SSSR count). The molecule has 1 N–H and O–H groups in total. The van der Waals surface area contributed by atoms with Crippen LogP contribution >= 0.6 is 0 Å². The van der Waals surface area contributed by atoms with Gasteiger partial charge in [-0.2, -0.15) is 0 Å². The number of benzene rings is 1. The molecule has 2 heterocycles. The highest BCUT2D eigenvalue weighted by Crippen LogP contribution is 2.24. The van der Waals surface area contributed by atoms with E-state index in [1.165, 1.54) is 37.0 Å². The topological polar surface area (TPSA) is 28.2 Å². The molecule has 0 atom stereocenters. The van der Waals surface area contributed by atoms with Gasteiger partial charge in [-0.3, -0.25) is 4.98 Å². The summed E-state index contributed by atoms with van der Waals surface area (Å²) >= 11 is 0. The van der Waals surface area contributed by atoms with Crippen LogP contribution in [0, 0.1) is 0 Å². The maximum atomic E-state index is 4.40. The van der Waals surface area contributed by atoms with Crippen LogP contribution in [-0.4, -0.2) is 36.1 Å².